The molecule has 2 heteroatoms. The first-order valence-corrected chi connectivity index (χ1v) is 8.20. The van der Waals surface area contributed by atoms with Crippen molar-refractivity contribution in [1.29, 1.82) is 0 Å². The average Bonchev–Trinajstić information content (AvgIpc) is 2.25. The van der Waals surface area contributed by atoms with Crippen LogP contribution in [0.2, 0.25) is 0 Å². The summed E-state index contributed by atoms with van der Waals surface area (Å²) >= 11 is 0. The molecule has 0 aliphatic heterocycles. The highest BCUT2D eigenvalue weighted by Gasteiger charge is 2.18. The predicted molar refractivity (Wildman–Crippen MR) is 88.2 cm³/mol. The Morgan fingerprint density at radius 1 is 0.600 bits per heavy atom. The topological polar surface area (TPSA) is 17.1 Å². The van der Waals surface area contributed by atoms with E-state index in [0.29, 0.717) is 0 Å². The molecule has 2 aromatic rings. The van der Waals surface area contributed by atoms with Crippen molar-refractivity contribution in [2.24, 2.45) is 0 Å². The molecule has 0 saturated heterocycles. The Hall–Kier alpha value is -1.46. The Morgan fingerprint density at radius 2 is 0.850 bits per heavy atom. The van der Waals surface area contributed by atoms with Gasteiger partial charge in [0.05, 0.1) is 0 Å². The van der Waals surface area contributed by atoms with Gasteiger partial charge in [-0.05, 0) is 63.8 Å². The zero-order chi connectivity index (χ0) is 15.0. The van der Waals surface area contributed by atoms with Crippen molar-refractivity contribution in [2.75, 3.05) is 0 Å². The lowest BCUT2D eigenvalue weighted by Gasteiger charge is -2.15. The zero-order valence-electron chi connectivity index (χ0n) is 13.2. The van der Waals surface area contributed by atoms with E-state index in [1.54, 1.807) is 0 Å². The lowest BCUT2D eigenvalue weighted by molar-refractivity contribution is 0.598. The fraction of sp³-hybridized carbons (Fsp3) is 0.333. The Kier molecular flexibility index (Phi) is 4.11. The van der Waals surface area contributed by atoms with Crippen LogP contribution in [0.25, 0.3) is 0 Å². The molecule has 0 aliphatic rings. The molecule has 0 N–H and O–H groups in total. The molecule has 0 atom stereocenters. The number of aryl methyl sites for hydroxylation is 6. The van der Waals surface area contributed by atoms with Crippen LogP contribution in [0.4, 0.5) is 0 Å². The minimum absolute atomic E-state index is 1.00. The van der Waals surface area contributed by atoms with Crippen molar-refractivity contribution in [1.82, 2.24) is 0 Å². The molecule has 2 aromatic carbocycles. The van der Waals surface area contributed by atoms with E-state index in [1.165, 1.54) is 11.1 Å². The normalized spacial score (nSPS) is 10.7. The lowest BCUT2D eigenvalue weighted by Crippen LogP contribution is -2.17. The molecular weight excluding hydrogens is 263 g/mol. The van der Waals surface area contributed by atoms with Crippen LogP contribution in [0.15, 0.2) is 24.3 Å². The first kappa shape index (κ1) is 14.9. The molecule has 1 radical (unpaired) electrons. The molecular formula is C18H22OP. The van der Waals surface area contributed by atoms with E-state index in [0.717, 1.165) is 32.9 Å². The molecule has 0 unspecified atom stereocenters. The second kappa shape index (κ2) is 5.50. The van der Waals surface area contributed by atoms with Crippen molar-refractivity contribution in [3.63, 3.8) is 0 Å². The molecule has 105 valence electrons. The number of hydrogen-bond acceptors (Lipinski definition) is 1. The quantitative estimate of drug-likeness (QED) is 0.751. The second-order valence-electron chi connectivity index (χ2n) is 5.79. The molecule has 0 amide bonds. The maximum Gasteiger partial charge on any atom is 0.137 e. The Bertz CT molecular complexity index is 593. The predicted octanol–water partition coefficient (Wildman–Crippen LogP) is 4.32. The van der Waals surface area contributed by atoms with E-state index >= 15 is 0 Å². The first-order valence-electron chi connectivity index (χ1n) is 6.94. The maximum absolute atomic E-state index is 13.1. The summed E-state index contributed by atoms with van der Waals surface area (Å²) in [7, 11) is -1.53. The van der Waals surface area contributed by atoms with Gasteiger partial charge in [0.15, 0.2) is 0 Å². The average molecular weight is 285 g/mol. The number of benzene rings is 2. The molecule has 0 fully saturated rings. The maximum atomic E-state index is 13.1. The van der Waals surface area contributed by atoms with E-state index in [4.69, 9.17) is 0 Å². The lowest BCUT2D eigenvalue weighted by atomic mass is 10.1. The number of rotatable bonds is 2. The van der Waals surface area contributed by atoms with Crippen molar-refractivity contribution < 1.29 is 4.57 Å². The Balaban J connectivity index is 2.64. The molecule has 0 bridgehead atoms. The van der Waals surface area contributed by atoms with Crippen molar-refractivity contribution in [3.05, 3.63) is 57.6 Å². The Morgan fingerprint density at radius 3 is 1.10 bits per heavy atom. The number of hydrogen-bond donors (Lipinski definition) is 0. The molecule has 0 spiro atoms. The molecule has 1 nitrogen and oxygen atoms in total. The van der Waals surface area contributed by atoms with Crippen LogP contribution in [-0.2, 0) is 4.57 Å². The summed E-state index contributed by atoms with van der Waals surface area (Å²) < 4.78 is 13.1. The molecule has 0 saturated carbocycles. The molecule has 0 aromatic heterocycles. The monoisotopic (exact) mass is 285 g/mol. The first-order chi connectivity index (χ1) is 9.31. The summed E-state index contributed by atoms with van der Waals surface area (Å²) in [5, 5.41) is 2.00. The largest absolute Gasteiger partial charge is 0.277 e. The molecule has 2 rings (SSSR count). The fourth-order valence-electron chi connectivity index (χ4n) is 3.10. The van der Waals surface area contributed by atoms with Gasteiger partial charge in [-0.1, -0.05) is 35.4 Å². The smallest absolute Gasteiger partial charge is 0.137 e. The third-order valence-electron chi connectivity index (χ3n) is 3.68. The zero-order valence-corrected chi connectivity index (χ0v) is 14.1. The van der Waals surface area contributed by atoms with Crippen molar-refractivity contribution in [2.45, 2.75) is 41.5 Å². The van der Waals surface area contributed by atoms with Gasteiger partial charge in [0.25, 0.3) is 0 Å². The SMILES string of the molecule is Cc1cc(C)c([P](=O)c2c(C)cc(C)cc2C)c(C)c1. The van der Waals surface area contributed by atoms with Gasteiger partial charge in [-0.15, -0.1) is 0 Å². The summed E-state index contributed by atoms with van der Waals surface area (Å²) in [5.41, 5.74) is 6.96. The van der Waals surface area contributed by atoms with Crippen LogP contribution >= 0.6 is 7.80 Å². The van der Waals surface area contributed by atoms with Gasteiger partial charge < -0.3 is 0 Å². The fourth-order valence-corrected chi connectivity index (χ4v) is 4.86. The van der Waals surface area contributed by atoms with E-state index < -0.39 is 7.80 Å². The summed E-state index contributed by atoms with van der Waals surface area (Å²) in [6.07, 6.45) is 0. The van der Waals surface area contributed by atoms with Gasteiger partial charge in [-0.2, -0.15) is 0 Å². The highest BCUT2D eigenvalue weighted by Crippen LogP contribution is 2.28. The van der Waals surface area contributed by atoms with Crippen LogP contribution in [0.1, 0.15) is 33.4 Å². The van der Waals surface area contributed by atoms with Crippen molar-refractivity contribution in [3.8, 4) is 0 Å². The third-order valence-corrected chi connectivity index (χ3v) is 5.90. The highest BCUT2D eigenvalue weighted by atomic mass is 31.1. The van der Waals surface area contributed by atoms with Gasteiger partial charge >= 0.3 is 0 Å². The highest BCUT2D eigenvalue weighted by molar-refractivity contribution is 7.62. The van der Waals surface area contributed by atoms with Gasteiger partial charge in [0.2, 0.25) is 0 Å². The van der Waals surface area contributed by atoms with Crippen LogP contribution < -0.4 is 10.6 Å². The van der Waals surface area contributed by atoms with Gasteiger partial charge in [-0.3, -0.25) is 4.57 Å². The van der Waals surface area contributed by atoms with E-state index in [1.807, 2.05) is 0 Å². The van der Waals surface area contributed by atoms with Gasteiger partial charge in [-0.25, -0.2) is 0 Å². The van der Waals surface area contributed by atoms with Gasteiger partial charge in [0.1, 0.15) is 7.80 Å². The minimum Gasteiger partial charge on any atom is -0.277 e. The molecule has 0 heterocycles. The summed E-state index contributed by atoms with van der Waals surface area (Å²) in [6.45, 7) is 12.4. The third kappa shape index (κ3) is 2.69. The van der Waals surface area contributed by atoms with Crippen LogP contribution in [0.5, 0.6) is 0 Å². The molecule has 20 heavy (non-hydrogen) atoms. The van der Waals surface area contributed by atoms with Crippen molar-refractivity contribution >= 4 is 18.4 Å². The van der Waals surface area contributed by atoms with Gasteiger partial charge in [0, 0.05) is 10.6 Å². The standard InChI is InChI=1S/C18H22OP/c1-11-7-13(3)17(14(4)8-11)20(19)18-15(5)9-12(2)10-16(18)6/h7-10H,1-6H3. The van der Waals surface area contributed by atoms with Crippen LogP contribution in [0, 0.1) is 41.5 Å². The van der Waals surface area contributed by atoms with Crippen LogP contribution in [-0.4, -0.2) is 0 Å². The minimum atomic E-state index is -1.53. The summed E-state index contributed by atoms with van der Waals surface area (Å²) in [5.74, 6) is 0. The van der Waals surface area contributed by atoms with E-state index in [9.17, 15) is 4.57 Å². The Labute approximate surface area is 122 Å². The second-order valence-corrected chi connectivity index (χ2v) is 7.27. The summed E-state index contributed by atoms with van der Waals surface area (Å²) in [4.78, 5) is 0. The molecule has 0 aliphatic carbocycles. The van der Waals surface area contributed by atoms with Crippen LogP contribution in [0.3, 0.4) is 0 Å². The summed E-state index contributed by atoms with van der Waals surface area (Å²) in [6, 6.07) is 8.48. The van der Waals surface area contributed by atoms with E-state index in [2.05, 4.69) is 65.8 Å². The van der Waals surface area contributed by atoms with E-state index in [-0.39, 0.29) is 0 Å².